The Kier molecular flexibility index (Phi) is 4.44. The van der Waals surface area contributed by atoms with Crippen molar-refractivity contribution in [1.29, 1.82) is 0 Å². The SMILES string of the molecule is Cc1cc(Cl)ccc1NC(=O)c1nn(-c2ccc(F)c(F)c2)c2c1CCC2. The van der Waals surface area contributed by atoms with Gasteiger partial charge in [0.1, 0.15) is 0 Å². The number of rotatable bonds is 3. The maximum atomic E-state index is 13.6. The normalized spacial score (nSPS) is 12.9. The minimum Gasteiger partial charge on any atom is -0.320 e. The number of fused-ring (bicyclic) bond motifs is 1. The second kappa shape index (κ2) is 6.78. The summed E-state index contributed by atoms with van der Waals surface area (Å²) in [4.78, 5) is 12.8. The highest BCUT2D eigenvalue weighted by Gasteiger charge is 2.27. The molecule has 1 aromatic heterocycles. The molecule has 138 valence electrons. The molecule has 0 fully saturated rings. The molecule has 7 heteroatoms. The first kappa shape index (κ1) is 17.7. The van der Waals surface area contributed by atoms with Gasteiger partial charge in [-0.3, -0.25) is 4.79 Å². The summed E-state index contributed by atoms with van der Waals surface area (Å²) >= 11 is 5.96. The van der Waals surface area contributed by atoms with E-state index in [1.807, 2.05) is 6.92 Å². The Bertz CT molecular complexity index is 1060. The van der Waals surface area contributed by atoms with Crippen molar-refractivity contribution >= 4 is 23.2 Å². The zero-order valence-electron chi connectivity index (χ0n) is 14.5. The van der Waals surface area contributed by atoms with Gasteiger partial charge in [0, 0.05) is 28.0 Å². The first-order valence-electron chi connectivity index (χ1n) is 8.58. The molecule has 0 saturated carbocycles. The molecule has 3 aromatic rings. The van der Waals surface area contributed by atoms with Gasteiger partial charge in [-0.2, -0.15) is 5.10 Å². The minimum absolute atomic E-state index is 0.307. The molecule has 2 aromatic carbocycles. The van der Waals surface area contributed by atoms with Gasteiger partial charge in [-0.15, -0.1) is 0 Å². The summed E-state index contributed by atoms with van der Waals surface area (Å²) in [6.45, 7) is 1.85. The number of benzene rings is 2. The lowest BCUT2D eigenvalue weighted by Crippen LogP contribution is -2.15. The maximum Gasteiger partial charge on any atom is 0.276 e. The third-order valence-corrected chi connectivity index (χ3v) is 4.96. The molecule has 0 spiro atoms. The summed E-state index contributed by atoms with van der Waals surface area (Å²) in [7, 11) is 0. The van der Waals surface area contributed by atoms with E-state index in [1.54, 1.807) is 18.2 Å². The molecule has 4 rings (SSSR count). The number of carbonyl (C=O) groups excluding carboxylic acids is 1. The fourth-order valence-electron chi connectivity index (χ4n) is 3.40. The van der Waals surface area contributed by atoms with Crippen LogP contribution in [-0.2, 0) is 12.8 Å². The van der Waals surface area contributed by atoms with Crippen LogP contribution in [0.25, 0.3) is 5.69 Å². The molecular weight excluding hydrogens is 372 g/mol. The number of aryl methyl sites for hydroxylation is 1. The molecule has 1 aliphatic rings. The molecule has 1 heterocycles. The minimum atomic E-state index is -0.947. The second-order valence-corrected chi connectivity index (χ2v) is 6.99. The maximum absolute atomic E-state index is 13.6. The topological polar surface area (TPSA) is 46.9 Å². The Morgan fingerprint density at radius 3 is 2.70 bits per heavy atom. The number of anilines is 1. The van der Waals surface area contributed by atoms with Crippen LogP contribution in [0, 0.1) is 18.6 Å². The van der Waals surface area contributed by atoms with Crippen LogP contribution in [0.3, 0.4) is 0 Å². The van der Waals surface area contributed by atoms with Gasteiger partial charge in [-0.05, 0) is 62.1 Å². The van der Waals surface area contributed by atoms with E-state index in [2.05, 4.69) is 10.4 Å². The highest BCUT2D eigenvalue weighted by atomic mass is 35.5. The fourth-order valence-corrected chi connectivity index (χ4v) is 3.63. The van der Waals surface area contributed by atoms with Crippen molar-refractivity contribution in [2.45, 2.75) is 26.2 Å². The predicted molar refractivity (Wildman–Crippen MR) is 99.6 cm³/mol. The lowest BCUT2D eigenvalue weighted by atomic mass is 10.1. The van der Waals surface area contributed by atoms with Gasteiger partial charge in [0.25, 0.3) is 5.91 Å². The Hall–Kier alpha value is -2.73. The van der Waals surface area contributed by atoms with Crippen molar-refractivity contribution in [3.63, 3.8) is 0 Å². The lowest BCUT2D eigenvalue weighted by Gasteiger charge is -2.08. The summed E-state index contributed by atoms with van der Waals surface area (Å²) in [5, 5.41) is 7.86. The van der Waals surface area contributed by atoms with Crippen molar-refractivity contribution < 1.29 is 13.6 Å². The largest absolute Gasteiger partial charge is 0.320 e. The third-order valence-electron chi connectivity index (χ3n) is 4.73. The van der Waals surface area contributed by atoms with Crippen LogP contribution in [0.4, 0.5) is 14.5 Å². The summed E-state index contributed by atoms with van der Waals surface area (Å²) in [5.41, 5.74) is 3.91. The smallest absolute Gasteiger partial charge is 0.276 e. The molecule has 0 bridgehead atoms. The Morgan fingerprint density at radius 1 is 1.15 bits per heavy atom. The van der Waals surface area contributed by atoms with E-state index in [1.165, 1.54) is 10.7 Å². The average molecular weight is 388 g/mol. The Labute approximate surface area is 159 Å². The number of nitrogens with zero attached hydrogens (tertiary/aromatic N) is 2. The number of aromatic nitrogens is 2. The molecular formula is C20H16ClF2N3O. The number of hydrogen-bond donors (Lipinski definition) is 1. The van der Waals surface area contributed by atoms with Gasteiger partial charge < -0.3 is 5.32 Å². The molecule has 0 aliphatic heterocycles. The highest BCUT2D eigenvalue weighted by Crippen LogP contribution is 2.29. The van der Waals surface area contributed by atoms with Crippen LogP contribution in [-0.4, -0.2) is 15.7 Å². The fraction of sp³-hybridized carbons (Fsp3) is 0.200. The van der Waals surface area contributed by atoms with Gasteiger partial charge in [-0.25, -0.2) is 13.5 Å². The number of carbonyl (C=O) groups is 1. The second-order valence-electron chi connectivity index (χ2n) is 6.55. The predicted octanol–water partition coefficient (Wildman–Crippen LogP) is 4.85. The number of amides is 1. The summed E-state index contributed by atoms with van der Waals surface area (Å²) in [6.07, 6.45) is 2.34. The van der Waals surface area contributed by atoms with Crippen LogP contribution >= 0.6 is 11.6 Å². The number of hydrogen-bond acceptors (Lipinski definition) is 2. The van der Waals surface area contributed by atoms with Crippen molar-refractivity contribution in [2.75, 3.05) is 5.32 Å². The standard InChI is InChI=1S/C20H16ClF2N3O/c1-11-9-12(21)5-8-17(11)24-20(27)19-14-3-2-4-18(14)26(25-19)13-6-7-15(22)16(23)10-13/h5-10H,2-4H2,1H3,(H,24,27). The lowest BCUT2D eigenvalue weighted by molar-refractivity contribution is 0.102. The molecule has 1 aliphatic carbocycles. The molecule has 4 nitrogen and oxygen atoms in total. The van der Waals surface area contributed by atoms with Crippen LogP contribution in [0.15, 0.2) is 36.4 Å². The van der Waals surface area contributed by atoms with Crippen molar-refractivity contribution in [2.24, 2.45) is 0 Å². The summed E-state index contributed by atoms with van der Waals surface area (Å²) in [5.74, 6) is -2.20. The van der Waals surface area contributed by atoms with Crippen LogP contribution < -0.4 is 5.32 Å². The molecule has 0 unspecified atom stereocenters. The van der Waals surface area contributed by atoms with Gasteiger partial charge >= 0.3 is 0 Å². The van der Waals surface area contributed by atoms with Gasteiger partial charge in [0.15, 0.2) is 17.3 Å². The van der Waals surface area contributed by atoms with Crippen LogP contribution in [0.2, 0.25) is 5.02 Å². The van der Waals surface area contributed by atoms with Crippen molar-refractivity contribution in [3.05, 3.63) is 75.6 Å². The van der Waals surface area contributed by atoms with E-state index in [4.69, 9.17) is 11.6 Å². The highest BCUT2D eigenvalue weighted by molar-refractivity contribution is 6.30. The van der Waals surface area contributed by atoms with Crippen LogP contribution in [0.5, 0.6) is 0 Å². The Balaban J connectivity index is 1.71. The molecule has 1 amide bonds. The number of nitrogens with one attached hydrogen (secondary N) is 1. The molecule has 0 radical (unpaired) electrons. The zero-order valence-corrected chi connectivity index (χ0v) is 15.3. The van der Waals surface area contributed by atoms with E-state index >= 15 is 0 Å². The summed E-state index contributed by atoms with van der Waals surface area (Å²) < 4.78 is 28.4. The monoisotopic (exact) mass is 387 g/mol. The van der Waals surface area contributed by atoms with E-state index in [0.29, 0.717) is 22.1 Å². The van der Waals surface area contributed by atoms with E-state index in [0.717, 1.165) is 48.2 Å². The molecule has 0 atom stereocenters. The van der Waals surface area contributed by atoms with E-state index in [9.17, 15) is 13.6 Å². The quantitative estimate of drug-likeness (QED) is 0.698. The number of halogens is 3. The van der Waals surface area contributed by atoms with Gasteiger partial charge in [-0.1, -0.05) is 11.6 Å². The Morgan fingerprint density at radius 2 is 1.96 bits per heavy atom. The van der Waals surface area contributed by atoms with E-state index in [-0.39, 0.29) is 5.91 Å². The molecule has 0 saturated heterocycles. The molecule has 27 heavy (non-hydrogen) atoms. The third kappa shape index (κ3) is 3.21. The first-order valence-corrected chi connectivity index (χ1v) is 8.95. The summed E-state index contributed by atoms with van der Waals surface area (Å²) in [6, 6.07) is 8.81. The zero-order chi connectivity index (χ0) is 19.1. The van der Waals surface area contributed by atoms with Crippen molar-refractivity contribution in [1.82, 2.24) is 9.78 Å². The molecule has 1 N–H and O–H groups in total. The van der Waals surface area contributed by atoms with Gasteiger partial charge in [0.2, 0.25) is 0 Å². The average Bonchev–Trinajstić information content (AvgIpc) is 3.22. The van der Waals surface area contributed by atoms with Gasteiger partial charge in [0.05, 0.1) is 5.69 Å². The van der Waals surface area contributed by atoms with Crippen LogP contribution in [0.1, 0.15) is 33.7 Å². The first-order chi connectivity index (χ1) is 12.9. The van der Waals surface area contributed by atoms with E-state index < -0.39 is 11.6 Å². The van der Waals surface area contributed by atoms with Crippen molar-refractivity contribution in [3.8, 4) is 5.69 Å².